The van der Waals surface area contributed by atoms with E-state index in [0.717, 1.165) is 18.7 Å². The standard InChI is InChI=1S/C16H20FNS/c1-12(2)18(11-16-9-4-13(3)19-16)10-14-5-7-15(17)8-6-14/h4-9,12H,10-11H2,1-3H3. The van der Waals surface area contributed by atoms with Crippen LogP contribution in [0.3, 0.4) is 0 Å². The van der Waals surface area contributed by atoms with Crippen molar-refractivity contribution >= 4 is 11.3 Å². The van der Waals surface area contributed by atoms with Crippen LogP contribution in [-0.2, 0) is 13.1 Å². The third-order valence-corrected chi connectivity index (χ3v) is 4.17. The van der Waals surface area contributed by atoms with Crippen LogP contribution in [0.5, 0.6) is 0 Å². The molecule has 0 saturated carbocycles. The maximum atomic E-state index is 12.9. The summed E-state index contributed by atoms with van der Waals surface area (Å²) in [5.41, 5.74) is 1.16. The van der Waals surface area contributed by atoms with Crippen LogP contribution in [0, 0.1) is 12.7 Å². The third kappa shape index (κ3) is 4.15. The van der Waals surface area contributed by atoms with Gasteiger partial charge in [0.2, 0.25) is 0 Å². The van der Waals surface area contributed by atoms with Crippen LogP contribution in [0.25, 0.3) is 0 Å². The molecule has 1 nitrogen and oxygen atoms in total. The van der Waals surface area contributed by atoms with Crippen LogP contribution in [0.4, 0.5) is 4.39 Å². The molecule has 2 rings (SSSR count). The summed E-state index contributed by atoms with van der Waals surface area (Å²) < 4.78 is 12.9. The van der Waals surface area contributed by atoms with Gasteiger partial charge in [-0.05, 0) is 50.6 Å². The van der Waals surface area contributed by atoms with Gasteiger partial charge < -0.3 is 0 Å². The van der Waals surface area contributed by atoms with Crippen LogP contribution in [-0.4, -0.2) is 10.9 Å². The Morgan fingerprint density at radius 3 is 2.26 bits per heavy atom. The lowest BCUT2D eigenvalue weighted by molar-refractivity contribution is 0.205. The number of benzene rings is 1. The van der Waals surface area contributed by atoms with E-state index in [-0.39, 0.29) is 5.82 Å². The molecule has 1 aromatic carbocycles. The van der Waals surface area contributed by atoms with Gasteiger partial charge in [-0.3, -0.25) is 4.90 Å². The van der Waals surface area contributed by atoms with Gasteiger partial charge in [0, 0.05) is 28.9 Å². The first-order chi connectivity index (χ1) is 9.04. The minimum Gasteiger partial charge on any atom is -0.292 e. The highest BCUT2D eigenvalue weighted by atomic mass is 32.1. The fourth-order valence-corrected chi connectivity index (χ4v) is 2.93. The van der Waals surface area contributed by atoms with Crippen LogP contribution < -0.4 is 0 Å². The summed E-state index contributed by atoms with van der Waals surface area (Å²) in [4.78, 5) is 5.13. The summed E-state index contributed by atoms with van der Waals surface area (Å²) in [6, 6.07) is 11.6. The second-order valence-corrected chi connectivity index (χ2v) is 6.51. The number of hydrogen-bond donors (Lipinski definition) is 0. The quantitative estimate of drug-likeness (QED) is 0.771. The molecule has 19 heavy (non-hydrogen) atoms. The number of nitrogens with zero attached hydrogens (tertiary/aromatic N) is 1. The van der Waals surface area contributed by atoms with E-state index in [4.69, 9.17) is 0 Å². The summed E-state index contributed by atoms with van der Waals surface area (Å²) in [6.45, 7) is 8.34. The molecule has 0 aliphatic rings. The number of hydrogen-bond acceptors (Lipinski definition) is 2. The number of thiophene rings is 1. The summed E-state index contributed by atoms with van der Waals surface area (Å²) in [7, 11) is 0. The zero-order valence-electron chi connectivity index (χ0n) is 11.7. The number of halogens is 1. The molecule has 1 aromatic heterocycles. The van der Waals surface area contributed by atoms with Crippen LogP contribution in [0.15, 0.2) is 36.4 Å². The van der Waals surface area contributed by atoms with E-state index < -0.39 is 0 Å². The molecule has 102 valence electrons. The van der Waals surface area contributed by atoms with Crippen LogP contribution >= 0.6 is 11.3 Å². The Morgan fingerprint density at radius 1 is 1.05 bits per heavy atom. The summed E-state index contributed by atoms with van der Waals surface area (Å²) in [5, 5.41) is 0. The summed E-state index contributed by atoms with van der Waals surface area (Å²) in [5.74, 6) is -0.172. The highest BCUT2D eigenvalue weighted by Crippen LogP contribution is 2.20. The molecular formula is C16H20FNS. The van der Waals surface area contributed by atoms with Gasteiger partial charge in [-0.25, -0.2) is 4.39 Å². The Labute approximate surface area is 118 Å². The average molecular weight is 277 g/mol. The normalized spacial score (nSPS) is 11.5. The third-order valence-electron chi connectivity index (χ3n) is 3.18. The first kappa shape index (κ1) is 14.2. The molecule has 0 aliphatic carbocycles. The van der Waals surface area contributed by atoms with Crippen molar-refractivity contribution in [3.63, 3.8) is 0 Å². The molecule has 2 aromatic rings. The van der Waals surface area contributed by atoms with Gasteiger partial charge in [0.05, 0.1) is 0 Å². The lowest BCUT2D eigenvalue weighted by Crippen LogP contribution is -2.29. The zero-order chi connectivity index (χ0) is 13.8. The van der Waals surface area contributed by atoms with Crippen LogP contribution in [0.1, 0.15) is 29.2 Å². The maximum Gasteiger partial charge on any atom is 0.123 e. The monoisotopic (exact) mass is 277 g/mol. The molecule has 0 amide bonds. The smallest absolute Gasteiger partial charge is 0.123 e. The Hall–Kier alpha value is -1.19. The molecular weight excluding hydrogens is 257 g/mol. The Bertz CT molecular complexity index is 516. The summed E-state index contributed by atoms with van der Waals surface area (Å²) >= 11 is 1.84. The first-order valence-electron chi connectivity index (χ1n) is 6.58. The maximum absolute atomic E-state index is 12.9. The highest BCUT2D eigenvalue weighted by Gasteiger charge is 2.12. The number of rotatable bonds is 5. The lowest BCUT2D eigenvalue weighted by atomic mass is 10.2. The molecule has 3 heteroatoms. The van der Waals surface area contributed by atoms with Gasteiger partial charge in [-0.15, -0.1) is 11.3 Å². The first-order valence-corrected chi connectivity index (χ1v) is 7.40. The predicted octanol–water partition coefficient (Wildman–Crippen LogP) is 4.61. The van der Waals surface area contributed by atoms with Crippen molar-refractivity contribution in [2.45, 2.75) is 39.9 Å². The van der Waals surface area contributed by atoms with E-state index >= 15 is 0 Å². The average Bonchev–Trinajstić information content (AvgIpc) is 2.76. The van der Waals surface area contributed by atoms with Crippen molar-refractivity contribution in [2.24, 2.45) is 0 Å². The molecule has 0 radical (unpaired) electrons. The molecule has 1 heterocycles. The van der Waals surface area contributed by atoms with E-state index in [1.165, 1.54) is 21.9 Å². The van der Waals surface area contributed by atoms with E-state index in [1.54, 1.807) is 0 Å². The molecule has 0 N–H and O–H groups in total. The van der Waals surface area contributed by atoms with Crippen molar-refractivity contribution < 1.29 is 4.39 Å². The van der Waals surface area contributed by atoms with E-state index in [2.05, 4.69) is 37.8 Å². The van der Waals surface area contributed by atoms with Gasteiger partial charge in [0.25, 0.3) is 0 Å². The van der Waals surface area contributed by atoms with Gasteiger partial charge in [0.1, 0.15) is 5.82 Å². The van der Waals surface area contributed by atoms with Gasteiger partial charge in [-0.2, -0.15) is 0 Å². The highest BCUT2D eigenvalue weighted by molar-refractivity contribution is 7.11. The molecule has 0 spiro atoms. The van der Waals surface area contributed by atoms with Crippen molar-refractivity contribution in [3.8, 4) is 0 Å². The molecule has 0 fully saturated rings. The largest absolute Gasteiger partial charge is 0.292 e. The molecule has 0 aliphatic heterocycles. The SMILES string of the molecule is Cc1ccc(CN(Cc2ccc(F)cc2)C(C)C)s1. The predicted molar refractivity (Wildman–Crippen MR) is 79.8 cm³/mol. The fraction of sp³-hybridized carbons (Fsp3) is 0.375. The molecule has 0 atom stereocenters. The second kappa shape index (κ2) is 6.31. The second-order valence-electron chi connectivity index (χ2n) is 5.14. The van der Waals surface area contributed by atoms with Crippen molar-refractivity contribution in [3.05, 3.63) is 57.5 Å². The molecule has 0 bridgehead atoms. The zero-order valence-corrected chi connectivity index (χ0v) is 12.5. The minimum absolute atomic E-state index is 0.172. The Kier molecular flexibility index (Phi) is 4.72. The lowest BCUT2D eigenvalue weighted by Gasteiger charge is -2.26. The van der Waals surface area contributed by atoms with E-state index in [9.17, 15) is 4.39 Å². The van der Waals surface area contributed by atoms with E-state index in [0.29, 0.717) is 6.04 Å². The minimum atomic E-state index is -0.172. The summed E-state index contributed by atoms with van der Waals surface area (Å²) in [6.07, 6.45) is 0. The van der Waals surface area contributed by atoms with Crippen molar-refractivity contribution in [1.29, 1.82) is 0 Å². The topological polar surface area (TPSA) is 3.24 Å². The fourth-order valence-electron chi connectivity index (χ4n) is 2.02. The Balaban J connectivity index is 2.06. The molecule has 0 saturated heterocycles. The van der Waals surface area contributed by atoms with Crippen molar-refractivity contribution in [1.82, 2.24) is 4.90 Å². The number of aryl methyl sites for hydroxylation is 1. The van der Waals surface area contributed by atoms with E-state index in [1.807, 2.05) is 23.5 Å². The van der Waals surface area contributed by atoms with Gasteiger partial charge in [-0.1, -0.05) is 12.1 Å². The molecule has 0 unspecified atom stereocenters. The van der Waals surface area contributed by atoms with Crippen molar-refractivity contribution in [2.75, 3.05) is 0 Å². The van der Waals surface area contributed by atoms with Crippen LogP contribution in [0.2, 0.25) is 0 Å². The van der Waals surface area contributed by atoms with Gasteiger partial charge in [0.15, 0.2) is 0 Å². The van der Waals surface area contributed by atoms with Gasteiger partial charge >= 0.3 is 0 Å². The Morgan fingerprint density at radius 2 is 1.74 bits per heavy atom.